The Morgan fingerprint density at radius 3 is 2.60 bits per heavy atom. The highest BCUT2D eigenvalue weighted by atomic mass is 16.5. The van der Waals surface area contributed by atoms with Crippen molar-refractivity contribution in [2.45, 2.75) is 19.4 Å². The molecule has 130 valence electrons. The van der Waals surface area contributed by atoms with Crippen molar-refractivity contribution in [2.75, 3.05) is 19.8 Å². The van der Waals surface area contributed by atoms with Crippen LogP contribution < -0.4 is 0 Å². The summed E-state index contributed by atoms with van der Waals surface area (Å²) in [6.45, 7) is 2.29. The first-order valence-corrected chi connectivity index (χ1v) is 8.34. The number of H-pyrrole nitrogens is 1. The average Bonchev–Trinajstić information content (AvgIpc) is 3.35. The second kappa shape index (κ2) is 6.73. The molecular formula is C17H20N6O2. The first-order valence-electron chi connectivity index (χ1n) is 8.34. The molecule has 1 saturated heterocycles. The van der Waals surface area contributed by atoms with Crippen LogP contribution in [0.1, 0.15) is 12.8 Å². The largest absolute Gasteiger partial charge is 0.396 e. The Bertz CT molecular complexity index is 806. The number of aromatic nitrogens is 6. The van der Waals surface area contributed by atoms with Crippen LogP contribution in [0.25, 0.3) is 22.8 Å². The van der Waals surface area contributed by atoms with Crippen LogP contribution in [0.4, 0.5) is 0 Å². The summed E-state index contributed by atoms with van der Waals surface area (Å²) in [4.78, 5) is 4.51. The Hall–Kier alpha value is -2.58. The third kappa shape index (κ3) is 3.18. The van der Waals surface area contributed by atoms with Gasteiger partial charge in [-0.05, 0) is 18.1 Å². The average molecular weight is 340 g/mol. The molecule has 2 N–H and O–H groups in total. The molecule has 3 aromatic rings. The van der Waals surface area contributed by atoms with Gasteiger partial charge >= 0.3 is 0 Å². The number of hydrogen-bond donors (Lipinski definition) is 2. The number of ether oxygens (including phenoxy) is 1. The van der Waals surface area contributed by atoms with Gasteiger partial charge in [-0.25, -0.2) is 4.98 Å². The summed E-state index contributed by atoms with van der Waals surface area (Å²) in [6, 6.07) is 7.91. The van der Waals surface area contributed by atoms with Crippen molar-refractivity contribution in [2.24, 2.45) is 5.41 Å². The number of tetrazole rings is 1. The molecule has 0 amide bonds. The fourth-order valence-corrected chi connectivity index (χ4v) is 3.28. The van der Waals surface area contributed by atoms with Crippen molar-refractivity contribution < 1.29 is 9.84 Å². The summed E-state index contributed by atoms with van der Waals surface area (Å²) in [5.74, 6) is 1.45. The Kier molecular flexibility index (Phi) is 4.29. The molecule has 1 aromatic carbocycles. The van der Waals surface area contributed by atoms with Gasteiger partial charge in [-0.1, -0.05) is 24.3 Å². The minimum atomic E-state index is -0.141. The maximum Gasteiger partial charge on any atom is 0.204 e. The SMILES string of the molecule is OCC1(Cn2ccnc2-c2ccc(-c3nn[nH]n3)cc2)CCOCC1. The fraction of sp³-hybridized carbons (Fsp3) is 0.412. The van der Waals surface area contributed by atoms with E-state index in [-0.39, 0.29) is 12.0 Å². The number of benzene rings is 1. The lowest BCUT2D eigenvalue weighted by atomic mass is 9.81. The standard InChI is InChI=1S/C17H20N6O2/c24-12-17(5-9-25-10-6-17)11-23-8-7-18-16(23)14-3-1-13(2-4-14)15-19-21-22-20-15/h1-4,7-8,24H,5-6,9-12H2,(H,19,20,21,22). The van der Waals surface area contributed by atoms with E-state index in [1.165, 1.54) is 0 Å². The van der Waals surface area contributed by atoms with E-state index in [4.69, 9.17) is 4.74 Å². The molecule has 3 heterocycles. The smallest absolute Gasteiger partial charge is 0.204 e. The molecule has 1 aliphatic heterocycles. The van der Waals surface area contributed by atoms with Gasteiger partial charge in [0, 0.05) is 48.7 Å². The zero-order chi connectivity index (χ0) is 17.1. The van der Waals surface area contributed by atoms with Crippen LogP contribution in [0.2, 0.25) is 0 Å². The van der Waals surface area contributed by atoms with E-state index in [0.717, 1.165) is 36.3 Å². The zero-order valence-electron chi connectivity index (χ0n) is 13.8. The highest BCUT2D eigenvalue weighted by Gasteiger charge is 2.33. The molecule has 0 bridgehead atoms. The van der Waals surface area contributed by atoms with Gasteiger partial charge in [0.15, 0.2) is 0 Å². The lowest BCUT2D eigenvalue weighted by Crippen LogP contribution is -2.37. The van der Waals surface area contributed by atoms with Crippen molar-refractivity contribution in [1.82, 2.24) is 30.2 Å². The van der Waals surface area contributed by atoms with Gasteiger partial charge in [-0.2, -0.15) is 5.21 Å². The summed E-state index contributed by atoms with van der Waals surface area (Å²) in [5, 5.41) is 23.9. The van der Waals surface area contributed by atoms with E-state index in [9.17, 15) is 5.11 Å². The summed E-state index contributed by atoms with van der Waals surface area (Å²) in [5.41, 5.74) is 1.77. The van der Waals surface area contributed by atoms with Gasteiger partial charge in [-0.15, -0.1) is 10.2 Å². The van der Waals surface area contributed by atoms with Crippen molar-refractivity contribution in [1.29, 1.82) is 0 Å². The van der Waals surface area contributed by atoms with Crippen molar-refractivity contribution >= 4 is 0 Å². The predicted molar refractivity (Wildman–Crippen MR) is 90.4 cm³/mol. The molecule has 0 spiro atoms. The molecule has 1 fully saturated rings. The Morgan fingerprint density at radius 1 is 1.16 bits per heavy atom. The number of imidazole rings is 1. The highest BCUT2D eigenvalue weighted by Crippen LogP contribution is 2.33. The van der Waals surface area contributed by atoms with E-state index < -0.39 is 0 Å². The predicted octanol–water partition coefficient (Wildman–Crippen LogP) is 1.52. The molecule has 1 aliphatic rings. The molecule has 25 heavy (non-hydrogen) atoms. The second-order valence-electron chi connectivity index (χ2n) is 6.46. The third-order valence-electron chi connectivity index (χ3n) is 4.86. The first-order chi connectivity index (χ1) is 12.3. The summed E-state index contributed by atoms with van der Waals surface area (Å²) >= 11 is 0. The molecule has 8 heteroatoms. The molecule has 0 radical (unpaired) electrons. The van der Waals surface area contributed by atoms with E-state index in [1.807, 2.05) is 30.5 Å². The molecule has 0 saturated carbocycles. The van der Waals surface area contributed by atoms with E-state index in [2.05, 4.69) is 30.2 Å². The highest BCUT2D eigenvalue weighted by molar-refractivity contribution is 5.63. The molecule has 4 rings (SSSR count). The number of nitrogens with zero attached hydrogens (tertiary/aromatic N) is 5. The van der Waals surface area contributed by atoms with Crippen molar-refractivity contribution in [3.05, 3.63) is 36.7 Å². The third-order valence-corrected chi connectivity index (χ3v) is 4.86. The van der Waals surface area contributed by atoms with Crippen molar-refractivity contribution in [3.8, 4) is 22.8 Å². The van der Waals surface area contributed by atoms with E-state index in [1.54, 1.807) is 6.20 Å². The number of hydrogen-bond acceptors (Lipinski definition) is 6. The zero-order valence-corrected chi connectivity index (χ0v) is 13.8. The molecule has 8 nitrogen and oxygen atoms in total. The van der Waals surface area contributed by atoms with Crippen LogP contribution in [0.15, 0.2) is 36.7 Å². The summed E-state index contributed by atoms with van der Waals surface area (Å²) < 4.78 is 7.57. The van der Waals surface area contributed by atoms with Gasteiger partial charge in [0.1, 0.15) is 5.82 Å². The van der Waals surface area contributed by atoms with Gasteiger partial charge < -0.3 is 14.4 Å². The Balaban J connectivity index is 1.59. The molecule has 2 aromatic heterocycles. The van der Waals surface area contributed by atoms with E-state index in [0.29, 0.717) is 19.0 Å². The molecule has 0 aliphatic carbocycles. The van der Waals surface area contributed by atoms with Gasteiger partial charge in [0.05, 0.1) is 6.61 Å². The number of aliphatic hydroxyl groups is 1. The monoisotopic (exact) mass is 340 g/mol. The number of aromatic amines is 1. The summed E-state index contributed by atoms with van der Waals surface area (Å²) in [7, 11) is 0. The van der Waals surface area contributed by atoms with Crippen LogP contribution >= 0.6 is 0 Å². The second-order valence-corrected chi connectivity index (χ2v) is 6.46. The minimum Gasteiger partial charge on any atom is -0.396 e. The number of rotatable bonds is 5. The van der Waals surface area contributed by atoms with E-state index >= 15 is 0 Å². The maximum absolute atomic E-state index is 9.93. The lowest BCUT2D eigenvalue weighted by Gasteiger charge is -2.36. The topological polar surface area (TPSA) is 102 Å². The molecule has 0 unspecified atom stereocenters. The van der Waals surface area contributed by atoms with Crippen LogP contribution in [0, 0.1) is 5.41 Å². The quantitative estimate of drug-likeness (QED) is 0.730. The normalized spacial score (nSPS) is 16.8. The maximum atomic E-state index is 9.93. The molecular weight excluding hydrogens is 320 g/mol. The lowest BCUT2D eigenvalue weighted by molar-refractivity contribution is -0.0250. The number of aliphatic hydroxyl groups excluding tert-OH is 1. The van der Waals surface area contributed by atoms with Gasteiger partial charge in [0.25, 0.3) is 0 Å². The Morgan fingerprint density at radius 2 is 1.92 bits per heavy atom. The molecule has 0 atom stereocenters. The number of nitrogens with one attached hydrogen (secondary N) is 1. The van der Waals surface area contributed by atoms with Gasteiger partial charge in [-0.3, -0.25) is 0 Å². The summed E-state index contributed by atoms with van der Waals surface area (Å²) in [6.07, 6.45) is 5.48. The Labute approximate surface area is 144 Å². The van der Waals surface area contributed by atoms with Crippen LogP contribution in [-0.2, 0) is 11.3 Å². The fourth-order valence-electron chi connectivity index (χ4n) is 3.28. The van der Waals surface area contributed by atoms with Crippen molar-refractivity contribution in [3.63, 3.8) is 0 Å². The first kappa shape index (κ1) is 15.9. The van der Waals surface area contributed by atoms with Crippen LogP contribution in [0.5, 0.6) is 0 Å². The van der Waals surface area contributed by atoms with Crippen LogP contribution in [0.3, 0.4) is 0 Å². The minimum absolute atomic E-state index is 0.141. The van der Waals surface area contributed by atoms with Gasteiger partial charge in [0.2, 0.25) is 5.82 Å². The van der Waals surface area contributed by atoms with Crippen LogP contribution in [-0.4, -0.2) is 55.1 Å².